The maximum absolute atomic E-state index is 6.22. The van der Waals surface area contributed by atoms with E-state index in [-0.39, 0.29) is 12.1 Å². The van der Waals surface area contributed by atoms with E-state index in [0.717, 1.165) is 101 Å². The summed E-state index contributed by atoms with van der Waals surface area (Å²) in [5, 5.41) is 2.17. The van der Waals surface area contributed by atoms with Gasteiger partial charge in [0.1, 0.15) is 6.23 Å². The number of hydrogen-bond donors (Lipinski definition) is 0. The normalized spacial score (nSPS) is 19.3. The second kappa shape index (κ2) is 11.8. The molecule has 44 heavy (non-hydrogen) atoms. The summed E-state index contributed by atoms with van der Waals surface area (Å²) in [4.78, 5) is 4.74. The molecule has 4 aromatic carbocycles. The molecule has 2 atom stereocenters. The Balaban J connectivity index is 1.38. The second-order valence-corrected chi connectivity index (χ2v) is 11.6. The highest BCUT2D eigenvalue weighted by atomic mass is 16.5. The summed E-state index contributed by atoms with van der Waals surface area (Å²) in [5.74, 6) is 3.06. The molecule has 3 aliphatic heterocycles. The van der Waals surface area contributed by atoms with Crippen LogP contribution in [0, 0.1) is 0 Å². The number of fused-ring (bicyclic) bond motifs is 7. The van der Waals surface area contributed by atoms with Crippen LogP contribution < -0.4 is 23.8 Å². The zero-order chi connectivity index (χ0) is 30.4. The highest BCUT2D eigenvalue weighted by molar-refractivity contribution is 6.11. The van der Waals surface area contributed by atoms with Gasteiger partial charge in [-0.05, 0) is 40.6 Å². The maximum Gasteiger partial charge on any atom is 0.169 e. The molecule has 0 amide bonds. The van der Waals surface area contributed by atoms with Crippen LogP contribution in [0.3, 0.4) is 0 Å². The first-order valence-electron chi connectivity index (χ1n) is 15.3. The van der Waals surface area contributed by atoms with E-state index in [9.17, 15) is 0 Å². The maximum atomic E-state index is 6.22. The molecule has 2 saturated heterocycles. The lowest BCUT2D eigenvalue weighted by molar-refractivity contribution is -0.0743. The van der Waals surface area contributed by atoms with Gasteiger partial charge in [-0.25, -0.2) is 0 Å². The minimum Gasteiger partial charge on any atom is -0.493 e. The first-order valence-corrected chi connectivity index (χ1v) is 15.3. The molecule has 0 saturated carbocycles. The van der Waals surface area contributed by atoms with Crippen LogP contribution in [0.5, 0.6) is 23.0 Å². The van der Waals surface area contributed by atoms with E-state index in [4.69, 9.17) is 28.4 Å². The number of nitrogens with zero attached hydrogens (tertiary/aromatic N) is 2. The molecule has 230 valence electrons. The van der Waals surface area contributed by atoms with Gasteiger partial charge >= 0.3 is 0 Å². The van der Waals surface area contributed by atoms with Gasteiger partial charge in [-0.1, -0.05) is 42.5 Å². The minimum absolute atomic E-state index is 0.135. The third kappa shape index (κ3) is 4.64. The van der Waals surface area contributed by atoms with Crippen LogP contribution in [0.25, 0.3) is 33.0 Å². The molecule has 0 N–H and O–H groups in total. The highest BCUT2D eigenvalue weighted by Crippen LogP contribution is 2.55. The predicted molar refractivity (Wildman–Crippen MR) is 173 cm³/mol. The van der Waals surface area contributed by atoms with Gasteiger partial charge < -0.3 is 33.3 Å². The van der Waals surface area contributed by atoms with Crippen molar-refractivity contribution in [2.75, 3.05) is 79.8 Å². The van der Waals surface area contributed by atoms with E-state index in [1.54, 1.807) is 28.4 Å². The van der Waals surface area contributed by atoms with Gasteiger partial charge in [0.05, 0.1) is 59.9 Å². The smallest absolute Gasteiger partial charge is 0.169 e. The lowest BCUT2D eigenvalue weighted by Gasteiger charge is -2.43. The summed E-state index contributed by atoms with van der Waals surface area (Å²) in [7, 11) is 8.92. The Morgan fingerprint density at radius 2 is 1.50 bits per heavy atom. The van der Waals surface area contributed by atoms with Gasteiger partial charge in [0.25, 0.3) is 0 Å². The van der Waals surface area contributed by atoms with E-state index >= 15 is 0 Å². The second-order valence-electron chi connectivity index (χ2n) is 11.6. The Morgan fingerprint density at radius 3 is 2.16 bits per heavy atom. The van der Waals surface area contributed by atoms with Crippen molar-refractivity contribution in [1.29, 1.82) is 0 Å². The van der Waals surface area contributed by atoms with Crippen molar-refractivity contribution in [2.24, 2.45) is 0 Å². The zero-order valence-electron chi connectivity index (χ0n) is 26.1. The Bertz CT molecular complexity index is 1680. The topological polar surface area (TPSA) is 61.9 Å². The molecule has 0 spiro atoms. The van der Waals surface area contributed by atoms with Crippen molar-refractivity contribution in [3.05, 3.63) is 65.7 Å². The molecule has 8 heteroatoms. The Kier molecular flexibility index (Phi) is 7.74. The Morgan fingerprint density at radius 1 is 0.773 bits per heavy atom. The molecule has 0 bridgehead atoms. The molecule has 2 unspecified atom stereocenters. The average Bonchev–Trinajstić information content (AvgIpc) is 3.12. The standard InChI is InChI=1S/C36H40N2O6/c1-37-33-26(24-12-13-29(39-2)34(41-4)32(24)28-21-44-36(28)37)11-10-25-27(33)20-30(40-3)35(42-5)31(25)23-8-6-22(7-9-23)14-15-38-16-18-43-19-17-38/h6-13,20,28,36H,14-19,21H2,1-5H3. The van der Waals surface area contributed by atoms with Crippen molar-refractivity contribution < 1.29 is 28.4 Å². The molecule has 4 aromatic rings. The van der Waals surface area contributed by atoms with Crippen molar-refractivity contribution in [3.8, 4) is 45.3 Å². The number of benzene rings is 4. The monoisotopic (exact) mass is 596 g/mol. The van der Waals surface area contributed by atoms with E-state index in [0.29, 0.717) is 12.4 Å². The van der Waals surface area contributed by atoms with Crippen molar-refractivity contribution >= 4 is 16.5 Å². The largest absolute Gasteiger partial charge is 0.493 e. The van der Waals surface area contributed by atoms with Gasteiger partial charge in [0.2, 0.25) is 0 Å². The van der Waals surface area contributed by atoms with E-state index in [2.05, 4.69) is 65.4 Å². The van der Waals surface area contributed by atoms with Gasteiger partial charge in [-0.15, -0.1) is 0 Å². The van der Waals surface area contributed by atoms with Crippen LogP contribution in [0.4, 0.5) is 5.69 Å². The third-order valence-electron chi connectivity index (χ3n) is 9.47. The first kappa shape index (κ1) is 28.8. The number of methoxy groups -OCH3 is 4. The Labute approximate surface area is 259 Å². The molecule has 2 fully saturated rings. The van der Waals surface area contributed by atoms with Gasteiger partial charge in [-0.3, -0.25) is 4.90 Å². The fourth-order valence-corrected chi connectivity index (χ4v) is 7.17. The number of hydrogen-bond acceptors (Lipinski definition) is 8. The molecule has 0 aliphatic carbocycles. The molecule has 3 heterocycles. The molecule has 0 radical (unpaired) electrons. The van der Waals surface area contributed by atoms with Crippen molar-refractivity contribution in [1.82, 2.24) is 4.90 Å². The third-order valence-corrected chi connectivity index (χ3v) is 9.47. The molecular formula is C36H40N2O6. The summed E-state index contributed by atoms with van der Waals surface area (Å²) in [6, 6.07) is 19.5. The van der Waals surface area contributed by atoms with Gasteiger partial charge in [0, 0.05) is 48.8 Å². The molecule has 7 rings (SSSR count). The van der Waals surface area contributed by atoms with E-state index < -0.39 is 0 Å². The van der Waals surface area contributed by atoms with E-state index in [1.807, 2.05) is 6.07 Å². The number of morpholine rings is 1. The van der Waals surface area contributed by atoms with Gasteiger partial charge in [-0.2, -0.15) is 0 Å². The van der Waals surface area contributed by atoms with Crippen molar-refractivity contribution in [2.45, 2.75) is 18.6 Å². The van der Waals surface area contributed by atoms with E-state index in [1.165, 1.54) is 5.56 Å². The average molecular weight is 597 g/mol. The molecule has 0 aromatic heterocycles. The SMILES string of the molecule is COc1ccc2c(c1OC)C1COC1N(C)c1c-2ccc2c(-c3ccc(CCN4CCOCC4)cc3)c(OC)c(OC)cc12. The summed E-state index contributed by atoms with van der Waals surface area (Å²) < 4.78 is 35.4. The van der Waals surface area contributed by atoms with Crippen LogP contribution in [0.1, 0.15) is 17.0 Å². The fraction of sp³-hybridized carbons (Fsp3) is 0.389. The molecule has 3 aliphatic rings. The number of anilines is 1. The summed E-state index contributed by atoms with van der Waals surface area (Å²) in [6.07, 6.45) is 0.869. The lowest BCUT2D eigenvalue weighted by Crippen LogP contribution is -2.48. The molecular weight excluding hydrogens is 556 g/mol. The molecule has 8 nitrogen and oxygen atoms in total. The fourth-order valence-electron chi connectivity index (χ4n) is 7.17. The number of likely N-dealkylation sites (N-methyl/N-ethyl adjacent to an activating group) is 1. The van der Waals surface area contributed by atoms with Crippen LogP contribution in [0.2, 0.25) is 0 Å². The van der Waals surface area contributed by atoms with Crippen molar-refractivity contribution in [3.63, 3.8) is 0 Å². The lowest BCUT2D eigenvalue weighted by atomic mass is 9.86. The van der Waals surface area contributed by atoms with Crippen LogP contribution in [-0.4, -0.2) is 86.1 Å². The highest BCUT2D eigenvalue weighted by Gasteiger charge is 2.44. The Hall–Kier alpha value is -3.98. The van der Waals surface area contributed by atoms with Crippen LogP contribution in [0.15, 0.2) is 54.6 Å². The van der Waals surface area contributed by atoms with Crippen LogP contribution >= 0.6 is 0 Å². The predicted octanol–water partition coefficient (Wildman–Crippen LogP) is 5.97. The summed E-state index contributed by atoms with van der Waals surface area (Å²) in [6.45, 7) is 5.30. The first-order chi connectivity index (χ1) is 21.6. The summed E-state index contributed by atoms with van der Waals surface area (Å²) in [5.41, 5.74) is 7.87. The minimum atomic E-state index is -0.135. The number of rotatable bonds is 8. The number of ether oxygens (including phenoxy) is 6. The zero-order valence-corrected chi connectivity index (χ0v) is 26.1. The summed E-state index contributed by atoms with van der Waals surface area (Å²) >= 11 is 0. The van der Waals surface area contributed by atoms with Crippen LogP contribution in [-0.2, 0) is 15.9 Å². The quantitative estimate of drug-likeness (QED) is 0.247. The van der Waals surface area contributed by atoms with Gasteiger partial charge in [0.15, 0.2) is 23.0 Å².